The van der Waals surface area contributed by atoms with E-state index in [2.05, 4.69) is 15.2 Å². The summed E-state index contributed by atoms with van der Waals surface area (Å²) in [4.78, 5) is 4.38. The summed E-state index contributed by atoms with van der Waals surface area (Å²) in [6, 6.07) is 5.33. The first-order valence-electron chi connectivity index (χ1n) is 7.51. The van der Waals surface area contributed by atoms with Gasteiger partial charge in [0.05, 0.1) is 11.4 Å². The number of rotatable bonds is 2. The molecule has 5 nitrogen and oxygen atoms in total. The average molecular weight is 402 g/mol. The highest BCUT2D eigenvalue weighted by Gasteiger charge is 2.29. The van der Waals surface area contributed by atoms with Crippen LogP contribution in [-0.4, -0.2) is 16.7 Å². The van der Waals surface area contributed by atoms with Gasteiger partial charge in [-0.1, -0.05) is 0 Å². The number of guanidine groups is 1. The highest BCUT2D eigenvalue weighted by molar-refractivity contribution is 6.04. The van der Waals surface area contributed by atoms with Crippen molar-refractivity contribution in [1.82, 2.24) is 4.98 Å². The van der Waals surface area contributed by atoms with Crippen LogP contribution in [0.4, 0.5) is 8.78 Å². The van der Waals surface area contributed by atoms with E-state index >= 15 is 0 Å². The average Bonchev–Trinajstić information content (AvgIpc) is 2.54. The van der Waals surface area contributed by atoms with Crippen molar-refractivity contribution in [2.45, 2.75) is 25.7 Å². The predicted octanol–water partition coefficient (Wildman–Crippen LogP) is 3.22. The maximum Gasteiger partial charge on any atom is 0.211 e. The summed E-state index contributed by atoms with van der Waals surface area (Å²) in [7, 11) is 0. The van der Waals surface area contributed by atoms with Gasteiger partial charge in [0.15, 0.2) is 0 Å². The Balaban J connectivity index is 0.00000169. The van der Waals surface area contributed by atoms with E-state index in [0.29, 0.717) is 24.1 Å². The molecule has 1 aliphatic carbocycles. The fourth-order valence-corrected chi connectivity index (χ4v) is 3.06. The minimum absolute atomic E-state index is 0. The summed E-state index contributed by atoms with van der Waals surface area (Å²) in [5.74, 6) is -1.36. The van der Waals surface area contributed by atoms with Crippen molar-refractivity contribution >= 4 is 36.5 Å². The van der Waals surface area contributed by atoms with E-state index in [4.69, 9.17) is 11.5 Å². The van der Waals surface area contributed by atoms with Gasteiger partial charge in [0, 0.05) is 11.8 Å². The molecule has 0 radical (unpaired) electrons. The second-order valence-electron chi connectivity index (χ2n) is 5.79. The number of nitrogens with two attached hydrogens (primary N) is 2. The molecule has 0 amide bonds. The van der Waals surface area contributed by atoms with Gasteiger partial charge in [0.1, 0.15) is 11.6 Å². The van der Waals surface area contributed by atoms with Gasteiger partial charge >= 0.3 is 0 Å². The first-order valence-corrected chi connectivity index (χ1v) is 7.51. The lowest BCUT2D eigenvalue weighted by Crippen LogP contribution is -2.24. The zero-order chi connectivity index (χ0) is 17.3. The second kappa shape index (κ2) is 8.91. The molecule has 1 aliphatic rings. The number of hydrogen-bond donors (Lipinski definition) is 2. The van der Waals surface area contributed by atoms with E-state index in [-0.39, 0.29) is 36.7 Å². The highest BCUT2D eigenvalue weighted by Crippen LogP contribution is 2.35. The lowest BCUT2D eigenvalue weighted by atomic mass is 9.80. The summed E-state index contributed by atoms with van der Waals surface area (Å²) in [6.45, 7) is 1.94. The van der Waals surface area contributed by atoms with Crippen LogP contribution in [-0.2, 0) is 6.42 Å². The van der Waals surface area contributed by atoms with E-state index in [1.165, 1.54) is 6.07 Å². The molecule has 1 aromatic carbocycles. The molecule has 140 valence electrons. The summed E-state index contributed by atoms with van der Waals surface area (Å²) < 4.78 is 27.7. The summed E-state index contributed by atoms with van der Waals surface area (Å²) in [6.07, 6.45) is 2.59. The summed E-state index contributed by atoms with van der Waals surface area (Å²) in [5.41, 5.74) is 14.3. The Bertz CT molecular complexity index is 851. The molecule has 0 bridgehead atoms. The first kappa shape index (κ1) is 21.8. The van der Waals surface area contributed by atoms with Gasteiger partial charge in [0.25, 0.3) is 0 Å². The smallest absolute Gasteiger partial charge is 0.211 e. The molecule has 1 atom stereocenters. The largest absolute Gasteiger partial charge is 0.369 e. The van der Waals surface area contributed by atoms with Gasteiger partial charge in [-0.25, -0.2) is 8.78 Å². The fraction of sp³-hybridized carbons (Fsp3) is 0.235. The van der Waals surface area contributed by atoms with Gasteiger partial charge in [-0.2, -0.15) is 5.10 Å². The Hall–Kier alpha value is -2.25. The van der Waals surface area contributed by atoms with Crippen LogP contribution in [0.15, 0.2) is 40.7 Å². The molecule has 9 heteroatoms. The fourth-order valence-electron chi connectivity index (χ4n) is 3.06. The van der Waals surface area contributed by atoms with Crippen LogP contribution in [0.1, 0.15) is 34.7 Å². The lowest BCUT2D eigenvalue weighted by Gasteiger charge is -2.26. The zero-order valence-electron chi connectivity index (χ0n) is 13.9. The molecule has 0 saturated carbocycles. The van der Waals surface area contributed by atoms with Gasteiger partial charge in [-0.3, -0.25) is 4.98 Å². The maximum absolute atomic E-state index is 14.2. The Morgan fingerprint density at radius 1 is 1.15 bits per heavy atom. The van der Waals surface area contributed by atoms with Crippen molar-refractivity contribution in [3.05, 3.63) is 64.5 Å². The van der Waals surface area contributed by atoms with E-state index in [9.17, 15) is 8.78 Å². The lowest BCUT2D eigenvalue weighted by molar-refractivity contribution is 0.554. The number of aryl methyl sites for hydroxylation is 1. The van der Waals surface area contributed by atoms with Crippen LogP contribution in [0.25, 0.3) is 0 Å². The molecule has 4 N–H and O–H groups in total. The Labute approximate surface area is 162 Å². The Kier molecular flexibility index (Phi) is 7.47. The number of aromatic nitrogens is 1. The minimum Gasteiger partial charge on any atom is -0.369 e. The standard InChI is InChI=1S/C17H17F2N5.2ClH/c1-9-4-5-22-14-6-10(12-8-11(18)2-3-13(12)19)7-15(16(9)14)23-24-17(20)21;;/h2-5,8,10H,6-7H2,1H3,(H4,20,21,24);2*1H/b23-15+;;. The van der Waals surface area contributed by atoms with Crippen molar-refractivity contribution in [3.63, 3.8) is 0 Å². The number of hydrogen-bond acceptors (Lipinski definition) is 3. The zero-order valence-corrected chi connectivity index (χ0v) is 15.6. The van der Waals surface area contributed by atoms with E-state index in [1.807, 2.05) is 13.0 Å². The quantitative estimate of drug-likeness (QED) is 0.459. The van der Waals surface area contributed by atoms with Crippen LogP contribution in [0.3, 0.4) is 0 Å². The molecule has 26 heavy (non-hydrogen) atoms. The monoisotopic (exact) mass is 401 g/mol. The predicted molar refractivity (Wildman–Crippen MR) is 103 cm³/mol. The highest BCUT2D eigenvalue weighted by atomic mass is 35.5. The van der Waals surface area contributed by atoms with E-state index in [0.717, 1.165) is 29.0 Å². The minimum atomic E-state index is -0.475. The molecule has 1 unspecified atom stereocenters. The van der Waals surface area contributed by atoms with Crippen LogP contribution >= 0.6 is 24.8 Å². The Morgan fingerprint density at radius 2 is 1.88 bits per heavy atom. The third-order valence-electron chi connectivity index (χ3n) is 4.09. The van der Waals surface area contributed by atoms with Gasteiger partial charge < -0.3 is 11.5 Å². The molecule has 0 aliphatic heterocycles. The van der Waals surface area contributed by atoms with Crippen LogP contribution in [0, 0.1) is 18.6 Å². The van der Waals surface area contributed by atoms with Gasteiger partial charge in [-0.15, -0.1) is 29.9 Å². The van der Waals surface area contributed by atoms with Crippen LogP contribution < -0.4 is 11.5 Å². The Morgan fingerprint density at radius 3 is 2.58 bits per heavy atom. The molecule has 1 aromatic heterocycles. The normalized spacial score (nSPS) is 16.9. The summed E-state index contributed by atoms with van der Waals surface area (Å²) in [5, 5.41) is 7.83. The van der Waals surface area contributed by atoms with Crippen LogP contribution in [0.2, 0.25) is 0 Å². The van der Waals surface area contributed by atoms with Crippen molar-refractivity contribution in [1.29, 1.82) is 0 Å². The molecule has 0 spiro atoms. The third kappa shape index (κ3) is 4.47. The molecular weight excluding hydrogens is 383 g/mol. The van der Waals surface area contributed by atoms with Gasteiger partial charge in [0.2, 0.25) is 5.96 Å². The van der Waals surface area contributed by atoms with Crippen LogP contribution in [0.5, 0.6) is 0 Å². The number of fused-ring (bicyclic) bond motifs is 1. The third-order valence-corrected chi connectivity index (χ3v) is 4.09. The second-order valence-corrected chi connectivity index (χ2v) is 5.79. The molecular formula is C17H19Cl2F2N5. The molecule has 0 saturated heterocycles. The summed E-state index contributed by atoms with van der Waals surface area (Å²) >= 11 is 0. The van der Waals surface area contributed by atoms with Crippen molar-refractivity contribution in [3.8, 4) is 0 Å². The van der Waals surface area contributed by atoms with Crippen molar-refractivity contribution in [2.75, 3.05) is 0 Å². The number of pyridine rings is 1. The molecule has 3 rings (SSSR count). The molecule has 0 fully saturated rings. The maximum atomic E-state index is 14.2. The topological polar surface area (TPSA) is 89.6 Å². The van der Waals surface area contributed by atoms with E-state index < -0.39 is 11.6 Å². The number of halogens is 4. The molecule has 1 heterocycles. The van der Waals surface area contributed by atoms with E-state index in [1.54, 1.807) is 6.20 Å². The molecule has 2 aromatic rings. The van der Waals surface area contributed by atoms with Crippen molar-refractivity contribution < 1.29 is 8.78 Å². The first-order chi connectivity index (χ1) is 11.5. The SMILES string of the molecule is Cc1ccnc2c1/C(=N/N=C(N)N)CC(c1cc(F)ccc1F)C2.Cl.Cl. The number of nitrogens with zero attached hydrogens (tertiary/aromatic N) is 3. The van der Waals surface area contributed by atoms with Crippen molar-refractivity contribution in [2.24, 2.45) is 21.7 Å². The number of benzene rings is 1. The van der Waals surface area contributed by atoms with Gasteiger partial charge in [-0.05, 0) is 61.1 Å².